The highest BCUT2D eigenvalue weighted by atomic mass is 16.5. The van der Waals surface area contributed by atoms with E-state index in [1.54, 1.807) is 6.20 Å². The molecule has 0 radical (unpaired) electrons. The Morgan fingerprint density at radius 1 is 1.18 bits per heavy atom. The summed E-state index contributed by atoms with van der Waals surface area (Å²) in [6.45, 7) is 5.48. The van der Waals surface area contributed by atoms with Crippen molar-refractivity contribution in [3.63, 3.8) is 0 Å². The Hall–Kier alpha value is -2.40. The second-order valence-corrected chi connectivity index (χ2v) is 4.88. The number of nitrogens with zero attached hydrogens (tertiary/aromatic N) is 1. The minimum atomic E-state index is -0.0640. The molecule has 0 spiro atoms. The summed E-state index contributed by atoms with van der Waals surface area (Å²) in [6.07, 6.45) is 1.73. The quantitative estimate of drug-likeness (QED) is 0.825. The van der Waals surface area contributed by atoms with E-state index in [9.17, 15) is 4.79 Å². The average molecular weight is 299 g/mol. The first-order valence-electron chi connectivity index (χ1n) is 7.33. The Bertz CT molecular complexity index is 612. The SMILES string of the molecule is CCOc1ncccc1CNCc1ccc(NC(C)=O)cc1. The van der Waals surface area contributed by atoms with Crippen LogP contribution in [0.3, 0.4) is 0 Å². The van der Waals surface area contributed by atoms with Crippen LogP contribution in [0.15, 0.2) is 42.6 Å². The number of nitrogens with one attached hydrogen (secondary N) is 2. The van der Waals surface area contributed by atoms with E-state index in [1.165, 1.54) is 6.92 Å². The van der Waals surface area contributed by atoms with Gasteiger partial charge in [-0.1, -0.05) is 18.2 Å². The minimum Gasteiger partial charge on any atom is -0.478 e. The summed E-state index contributed by atoms with van der Waals surface area (Å²) in [5, 5.41) is 6.12. The zero-order valence-corrected chi connectivity index (χ0v) is 12.9. The first-order valence-corrected chi connectivity index (χ1v) is 7.33. The van der Waals surface area contributed by atoms with Gasteiger partial charge in [0.15, 0.2) is 0 Å². The van der Waals surface area contributed by atoms with Crippen LogP contribution in [0.1, 0.15) is 25.0 Å². The molecular weight excluding hydrogens is 278 g/mol. The molecule has 2 N–H and O–H groups in total. The van der Waals surface area contributed by atoms with E-state index in [0.717, 1.165) is 23.4 Å². The van der Waals surface area contributed by atoms with Crippen molar-refractivity contribution < 1.29 is 9.53 Å². The second-order valence-electron chi connectivity index (χ2n) is 4.88. The molecule has 0 saturated heterocycles. The number of hydrogen-bond acceptors (Lipinski definition) is 4. The van der Waals surface area contributed by atoms with Crippen molar-refractivity contribution in [1.82, 2.24) is 10.3 Å². The van der Waals surface area contributed by atoms with Crippen molar-refractivity contribution in [2.45, 2.75) is 26.9 Å². The van der Waals surface area contributed by atoms with Crippen LogP contribution in [-0.4, -0.2) is 17.5 Å². The van der Waals surface area contributed by atoms with Gasteiger partial charge >= 0.3 is 0 Å². The van der Waals surface area contributed by atoms with Crippen LogP contribution in [-0.2, 0) is 17.9 Å². The zero-order chi connectivity index (χ0) is 15.8. The van der Waals surface area contributed by atoms with Crippen LogP contribution < -0.4 is 15.4 Å². The maximum absolute atomic E-state index is 11.0. The molecule has 5 nitrogen and oxygen atoms in total. The predicted molar refractivity (Wildman–Crippen MR) is 86.7 cm³/mol. The lowest BCUT2D eigenvalue weighted by atomic mass is 10.2. The van der Waals surface area contributed by atoms with Crippen LogP contribution in [0.25, 0.3) is 0 Å². The Morgan fingerprint density at radius 3 is 2.64 bits per heavy atom. The number of aromatic nitrogens is 1. The molecule has 1 aromatic carbocycles. The smallest absolute Gasteiger partial charge is 0.221 e. The molecule has 0 aliphatic rings. The number of carbonyl (C=O) groups is 1. The molecule has 2 rings (SSSR count). The number of pyridine rings is 1. The molecular formula is C17H21N3O2. The first-order chi connectivity index (χ1) is 10.7. The van der Waals surface area contributed by atoms with Crippen LogP contribution in [0, 0.1) is 0 Å². The average Bonchev–Trinajstić information content (AvgIpc) is 2.50. The molecule has 0 fully saturated rings. The second kappa shape index (κ2) is 8.14. The molecule has 22 heavy (non-hydrogen) atoms. The van der Waals surface area contributed by atoms with Crippen LogP contribution in [0.5, 0.6) is 5.88 Å². The Balaban J connectivity index is 1.87. The fourth-order valence-electron chi connectivity index (χ4n) is 2.08. The molecule has 1 heterocycles. The van der Waals surface area contributed by atoms with Crippen molar-refractivity contribution in [2.75, 3.05) is 11.9 Å². The summed E-state index contributed by atoms with van der Waals surface area (Å²) in [4.78, 5) is 15.2. The highest BCUT2D eigenvalue weighted by molar-refractivity contribution is 5.88. The van der Waals surface area contributed by atoms with Gasteiger partial charge in [-0.25, -0.2) is 4.98 Å². The van der Waals surface area contributed by atoms with E-state index in [2.05, 4.69) is 15.6 Å². The first kappa shape index (κ1) is 16.0. The van der Waals surface area contributed by atoms with Crippen molar-refractivity contribution in [2.24, 2.45) is 0 Å². The molecule has 0 unspecified atom stereocenters. The molecule has 0 saturated carbocycles. The molecule has 2 aromatic rings. The van der Waals surface area contributed by atoms with Crippen molar-refractivity contribution >= 4 is 11.6 Å². The van der Waals surface area contributed by atoms with Gasteiger partial charge < -0.3 is 15.4 Å². The normalized spacial score (nSPS) is 10.3. The number of amides is 1. The molecule has 0 aliphatic carbocycles. The summed E-state index contributed by atoms with van der Waals surface area (Å²) in [6, 6.07) is 11.7. The Kier molecular flexibility index (Phi) is 5.91. The molecule has 116 valence electrons. The fraction of sp³-hybridized carbons (Fsp3) is 0.294. The van der Waals surface area contributed by atoms with Gasteiger partial charge in [-0.15, -0.1) is 0 Å². The third kappa shape index (κ3) is 4.86. The number of carbonyl (C=O) groups excluding carboxylic acids is 1. The van der Waals surface area contributed by atoms with Crippen molar-refractivity contribution in [3.05, 3.63) is 53.7 Å². The van der Waals surface area contributed by atoms with Gasteiger partial charge in [-0.3, -0.25) is 4.79 Å². The maximum atomic E-state index is 11.0. The molecule has 1 amide bonds. The summed E-state index contributed by atoms with van der Waals surface area (Å²) >= 11 is 0. The monoisotopic (exact) mass is 299 g/mol. The Labute approximate surface area is 130 Å². The topological polar surface area (TPSA) is 63.2 Å². The molecule has 0 aliphatic heterocycles. The zero-order valence-electron chi connectivity index (χ0n) is 12.9. The van der Waals surface area contributed by atoms with Gasteiger partial charge in [0.05, 0.1) is 6.61 Å². The summed E-state index contributed by atoms with van der Waals surface area (Å²) < 4.78 is 5.50. The van der Waals surface area contributed by atoms with E-state index in [4.69, 9.17) is 4.74 Å². The highest BCUT2D eigenvalue weighted by Gasteiger charge is 2.03. The van der Waals surface area contributed by atoms with E-state index in [-0.39, 0.29) is 5.91 Å². The summed E-state index contributed by atoms with van der Waals surface area (Å²) in [7, 11) is 0. The van der Waals surface area contributed by atoms with Gasteiger partial charge in [-0.2, -0.15) is 0 Å². The number of benzene rings is 1. The third-order valence-corrected chi connectivity index (χ3v) is 3.05. The lowest BCUT2D eigenvalue weighted by molar-refractivity contribution is -0.114. The lowest BCUT2D eigenvalue weighted by Crippen LogP contribution is -2.14. The van der Waals surface area contributed by atoms with Gasteiger partial charge in [0, 0.05) is 37.5 Å². The van der Waals surface area contributed by atoms with Gasteiger partial charge in [0.25, 0.3) is 0 Å². The molecule has 0 atom stereocenters. The summed E-state index contributed by atoms with van der Waals surface area (Å²) in [5.74, 6) is 0.615. The van der Waals surface area contributed by atoms with E-state index >= 15 is 0 Å². The molecule has 0 bridgehead atoms. The molecule has 1 aromatic heterocycles. The summed E-state index contributed by atoms with van der Waals surface area (Å²) in [5.41, 5.74) is 3.00. The minimum absolute atomic E-state index is 0.0640. The lowest BCUT2D eigenvalue weighted by Gasteiger charge is -2.10. The fourth-order valence-corrected chi connectivity index (χ4v) is 2.08. The largest absolute Gasteiger partial charge is 0.478 e. The maximum Gasteiger partial charge on any atom is 0.221 e. The Morgan fingerprint density at radius 2 is 1.95 bits per heavy atom. The van der Waals surface area contributed by atoms with Gasteiger partial charge in [0.1, 0.15) is 0 Å². The van der Waals surface area contributed by atoms with Crippen molar-refractivity contribution in [3.8, 4) is 5.88 Å². The number of rotatable bonds is 7. The van der Waals surface area contributed by atoms with Crippen LogP contribution in [0.4, 0.5) is 5.69 Å². The highest BCUT2D eigenvalue weighted by Crippen LogP contribution is 2.14. The van der Waals surface area contributed by atoms with Crippen LogP contribution >= 0.6 is 0 Å². The number of ether oxygens (including phenoxy) is 1. The van der Waals surface area contributed by atoms with Gasteiger partial charge in [-0.05, 0) is 30.7 Å². The number of hydrogen-bond donors (Lipinski definition) is 2. The van der Waals surface area contributed by atoms with Gasteiger partial charge in [0.2, 0.25) is 11.8 Å². The van der Waals surface area contributed by atoms with E-state index in [1.807, 2.05) is 43.3 Å². The number of anilines is 1. The van der Waals surface area contributed by atoms with Crippen LogP contribution in [0.2, 0.25) is 0 Å². The predicted octanol–water partition coefficient (Wildman–Crippen LogP) is 2.73. The van der Waals surface area contributed by atoms with Crippen molar-refractivity contribution in [1.29, 1.82) is 0 Å². The van der Waals surface area contributed by atoms with E-state index in [0.29, 0.717) is 19.0 Å². The van der Waals surface area contributed by atoms with E-state index < -0.39 is 0 Å². The molecule has 5 heteroatoms. The third-order valence-electron chi connectivity index (χ3n) is 3.05. The standard InChI is InChI=1S/C17H21N3O2/c1-3-22-17-15(5-4-10-19-17)12-18-11-14-6-8-16(9-7-14)20-13(2)21/h4-10,18H,3,11-12H2,1-2H3,(H,20,21).